The molecule has 0 bridgehead atoms. The van der Waals surface area contributed by atoms with Crippen molar-refractivity contribution >= 4 is 51.8 Å². The van der Waals surface area contributed by atoms with Crippen LogP contribution in [0.3, 0.4) is 0 Å². The molecule has 0 radical (unpaired) electrons. The van der Waals surface area contributed by atoms with Crippen LogP contribution in [-0.2, 0) is 31.9 Å². The van der Waals surface area contributed by atoms with Gasteiger partial charge in [0.05, 0.1) is 38.4 Å². The number of anilines is 5. The number of aromatic nitrogens is 10. The molecule has 8 heterocycles. The average Bonchev–Trinajstić information content (AvgIpc) is 4.04. The first-order chi connectivity index (χ1) is 29.1. The Morgan fingerprint density at radius 3 is 2.75 bits per heavy atom. The van der Waals surface area contributed by atoms with Crippen molar-refractivity contribution in [3.05, 3.63) is 66.4 Å². The van der Waals surface area contributed by atoms with Crippen LogP contribution in [-0.4, -0.2) is 118 Å². The van der Waals surface area contributed by atoms with E-state index in [1.807, 2.05) is 29.9 Å². The number of methoxy groups -OCH3 is 1. The highest BCUT2D eigenvalue weighted by atomic mass is 19.1. The maximum atomic E-state index is 15.5. The molecule has 0 spiro atoms. The Hall–Kier alpha value is -6.57. The van der Waals surface area contributed by atoms with Crippen LogP contribution in [0, 0.1) is 0 Å². The molecule has 3 atom stereocenters. The number of nitrogens with zero attached hydrogens (tertiary/aromatic N) is 12. The van der Waals surface area contributed by atoms with Crippen molar-refractivity contribution in [1.82, 2.24) is 54.2 Å². The number of ether oxygens (including phenoxy) is 2. The Labute approximate surface area is 345 Å². The van der Waals surface area contributed by atoms with E-state index in [4.69, 9.17) is 19.4 Å². The molecule has 2 fully saturated rings. The molecule has 0 aliphatic carbocycles. The summed E-state index contributed by atoms with van der Waals surface area (Å²) in [6.07, 6.45) is 10.3. The maximum Gasteiger partial charge on any atom is 0.256 e. The quantitative estimate of drug-likeness (QED) is 0.103. The number of aryl methyl sites for hydroxylation is 3. The van der Waals surface area contributed by atoms with Crippen molar-refractivity contribution in [2.24, 2.45) is 14.1 Å². The fourth-order valence-electron chi connectivity index (χ4n) is 7.68. The van der Waals surface area contributed by atoms with Crippen LogP contribution in [0.4, 0.5) is 33.5 Å². The van der Waals surface area contributed by atoms with Crippen LogP contribution in [0.5, 0.6) is 11.8 Å². The summed E-state index contributed by atoms with van der Waals surface area (Å²) in [6.45, 7) is 7.43. The summed E-state index contributed by atoms with van der Waals surface area (Å²) < 4.78 is 31.8. The standard InChI is InChI=1S/C40H50FN15O4/c1-6-26-18-45-56-31(15-32(48-36(26)56)55-13-8-7-9-27(55)12-14-57)42-16-25-10-11-33(43-17-25)60-22-24(2)38(58)47-29-21-54(19-28(29)41)40-49-35(34-37(50-40)52(3)23-44-34)46-30-20-53(4)51-39(30)59-5/h10-11,15,17-18,20,23,27-29,42,57H,2,6-9,12-14,16,19,21-22H2,1,3-5H3,(H,47,58)(H,46,49,50)/t27-,28+,29+/m0/s1. The molecule has 19 nitrogen and oxygen atoms in total. The van der Waals surface area contributed by atoms with E-state index < -0.39 is 18.1 Å². The first-order valence-electron chi connectivity index (χ1n) is 20.1. The number of pyridine rings is 1. The topological polar surface area (TPSA) is 203 Å². The Bertz CT molecular complexity index is 2480. The van der Waals surface area contributed by atoms with Gasteiger partial charge in [-0.15, -0.1) is 5.10 Å². The molecule has 2 aliphatic rings. The SMILES string of the molecule is C=C(COc1ccc(CNc2cc(N3CCCC[C@H]3CCO)nc3c(CC)cnn23)cn1)C(=O)N[C@@H]1CN(c2nc(Nc3cn(C)nc3OC)c3ncn(C)c3n2)C[C@H]1F. The van der Waals surface area contributed by atoms with Crippen LogP contribution in [0.1, 0.15) is 43.7 Å². The third kappa shape index (κ3) is 8.31. The lowest BCUT2D eigenvalue weighted by molar-refractivity contribution is -0.118. The van der Waals surface area contributed by atoms with Gasteiger partial charge in [0.15, 0.2) is 22.6 Å². The smallest absolute Gasteiger partial charge is 0.256 e. The predicted octanol–water partition coefficient (Wildman–Crippen LogP) is 3.48. The van der Waals surface area contributed by atoms with E-state index in [1.54, 1.807) is 46.0 Å². The molecule has 60 heavy (non-hydrogen) atoms. The van der Waals surface area contributed by atoms with Gasteiger partial charge in [-0.05, 0) is 37.7 Å². The molecule has 8 rings (SSSR count). The van der Waals surface area contributed by atoms with E-state index >= 15 is 4.39 Å². The number of imidazole rings is 1. The summed E-state index contributed by atoms with van der Waals surface area (Å²) >= 11 is 0. The first kappa shape index (κ1) is 40.2. The summed E-state index contributed by atoms with van der Waals surface area (Å²) in [5, 5.41) is 28.1. The molecule has 0 aromatic carbocycles. The van der Waals surface area contributed by atoms with Crippen LogP contribution in [0.15, 0.2) is 55.3 Å². The fourth-order valence-corrected chi connectivity index (χ4v) is 7.68. The molecule has 1 amide bonds. The number of hydrogen-bond acceptors (Lipinski definition) is 15. The summed E-state index contributed by atoms with van der Waals surface area (Å²) in [6, 6.07) is 5.04. The molecule has 2 saturated heterocycles. The van der Waals surface area contributed by atoms with E-state index in [-0.39, 0.29) is 43.9 Å². The number of hydrogen-bond donors (Lipinski definition) is 4. The van der Waals surface area contributed by atoms with Crippen molar-refractivity contribution in [1.29, 1.82) is 0 Å². The number of halogens is 1. The number of nitrogens with one attached hydrogen (secondary N) is 3. The van der Waals surface area contributed by atoms with Crippen molar-refractivity contribution in [2.45, 2.75) is 63.8 Å². The Morgan fingerprint density at radius 1 is 1.10 bits per heavy atom. The lowest BCUT2D eigenvalue weighted by atomic mass is 9.99. The molecule has 4 N–H and O–H groups in total. The molecular formula is C40H50FN15O4. The number of aliphatic hydroxyl groups is 1. The second kappa shape index (κ2) is 17.3. The molecule has 316 valence electrons. The van der Waals surface area contributed by atoms with Gasteiger partial charge in [0.25, 0.3) is 5.88 Å². The third-order valence-electron chi connectivity index (χ3n) is 10.9. The molecule has 0 unspecified atom stereocenters. The van der Waals surface area contributed by atoms with Crippen LogP contribution < -0.4 is 35.2 Å². The van der Waals surface area contributed by atoms with E-state index in [2.05, 4.69) is 59.5 Å². The summed E-state index contributed by atoms with van der Waals surface area (Å²) in [5.41, 5.74) is 4.53. The van der Waals surface area contributed by atoms with Crippen LogP contribution in [0.25, 0.3) is 16.8 Å². The number of amides is 1. The largest absolute Gasteiger partial charge is 0.478 e. The second-order valence-electron chi connectivity index (χ2n) is 15.1. The fraction of sp³-hybridized carbons (Fsp3) is 0.450. The zero-order chi connectivity index (χ0) is 41.9. The van der Waals surface area contributed by atoms with E-state index in [1.165, 1.54) is 7.11 Å². The van der Waals surface area contributed by atoms with E-state index in [9.17, 15) is 9.90 Å². The minimum absolute atomic E-state index is 0.0312. The number of carbonyl (C=O) groups excluding carboxylic acids is 1. The molecule has 2 aliphatic heterocycles. The Kier molecular flexibility index (Phi) is 11.6. The number of rotatable bonds is 16. The van der Waals surface area contributed by atoms with Gasteiger partial charge in [-0.25, -0.2) is 19.3 Å². The monoisotopic (exact) mass is 823 g/mol. The number of fused-ring (bicyclic) bond motifs is 2. The predicted molar refractivity (Wildman–Crippen MR) is 224 cm³/mol. The highest BCUT2D eigenvalue weighted by Gasteiger charge is 2.36. The summed E-state index contributed by atoms with van der Waals surface area (Å²) in [4.78, 5) is 40.4. The van der Waals surface area contributed by atoms with Gasteiger partial charge in [-0.2, -0.15) is 19.6 Å². The Balaban J connectivity index is 0.866. The molecule has 6 aromatic rings. The lowest BCUT2D eigenvalue weighted by Crippen LogP contribution is -2.42. The van der Waals surface area contributed by atoms with E-state index in [0.29, 0.717) is 47.4 Å². The van der Waals surface area contributed by atoms with Gasteiger partial charge >= 0.3 is 0 Å². The first-order valence-corrected chi connectivity index (χ1v) is 20.1. The van der Waals surface area contributed by atoms with Crippen molar-refractivity contribution in [3.8, 4) is 11.8 Å². The Morgan fingerprint density at radius 2 is 1.97 bits per heavy atom. The van der Waals surface area contributed by atoms with Crippen LogP contribution >= 0.6 is 0 Å². The zero-order valence-corrected chi connectivity index (χ0v) is 34.2. The highest BCUT2D eigenvalue weighted by molar-refractivity contribution is 5.93. The third-order valence-corrected chi connectivity index (χ3v) is 10.9. The van der Waals surface area contributed by atoms with Gasteiger partial charge in [0.2, 0.25) is 17.7 Å². The molecule has 6 aromatic heterocycles. The minimum atomic E-state index is -1.39. The molecule has 20 heteroatoms. The van der Waals surface area contributed by atoms with Gasteiger partial charge in [-0.1, -0.05) is 19.6 Å². The average molecular weight is 824 g/mol. The number of alkyl halides is 1. The van der Waals surface area contributed by atoms with Gasteiger partial charge in [0.1, 0.15) is 30.1 Å². The normalized spacial score (nSPS) is 18.0. The minimum Gasteiger partial charge on any atom is -0.478 e. The lowest BCUT2D eigenvalue weighted by Gasteiger charge is -2.36. The number of piperidine rings is 1. The van der Waals surface area contributed by atoms with Crippen molar-refractivity contribution in [2.75, 3.05) is 60.4 Å². The zero-order valence-electron chi connectivity index (χ0n) is 34.2. The van der Waals surface area contributed by atoms with Crippen LogP contribution in [0.2, 0.25) is 0 Å². The van der Waals surface area contributed by atoms with Gasteiger partial charge in [0, 0.05) is 75.8 Å². The summed E-state index contributed by atoms with van der Waals surface area (Å²) in [7, 11) is 5.11. The van der Waals surface area contributed by atoms with Crippen molar-refractivity contribution < 1.29 is 23.8 Å². The molecule has 0 saturated carbocycles. The van der Waals surface area contributed by atoms with E-state index in [0.717, 1.165) is 60.6 Å². The van der Waals surface area contributed by atoms with Crippen molar-refractivity contribution in [3.63, 3.8) is 0 Å². The number of carbonyl (C=O) groups is 1. The maximum absolute atomic E-state index is 15.5. The summed E-state index contributed by atoms with van der Waals surface area (Å²) in [5.74, 6) is 2.51. The van der Waals surface area contributed by atoms with Gasteiger partial charge < -0.3 is 44.9 Å². The van der Waals surface area contributed by atoms with Gasteiger partial charge in [-0.3, -0.25) is 9.48 Å². The highest BCUT2D eigenvalue weighted by Crippen LogP contribution is 2.32. The second-order valence-corrected chi connectivity index (χ2v) is 15.1. The molecular weight excluding hydrogens is 774 g/mol. The number of aliphatic hydroxyl groups excluding tert-OH is 1.